The molecule has 0 spiro atoms. The minimum absolute atomic E-state index is 0.0797. The average molecular weight is 227 g/mol. The zero-order valence-electron chi connectivity index (χ0n) is 10.9. The summed E-state index contributed by atoms with van der Waals surface area (Å²) in [5, 5.41) is 3.09. The van der Waals surface area contributed by atoms with Crippen LogP contribution in [0.15, 0.2) is 0 Å². The van der Waals surface area contributed by atoms with Gasteiger partial charge in [0.1, 0.15) is 0 Å². The largest absolute Gasteiger partial charge is 0.348 e. The van der Waals surface area contributed by atoms with E-state index in [0.717, 1.165) is 0 Å². The van der Waals surface area contributed by atoms with E-state index in [1.807, 2.05) is 11.9 Å². The number of nitrogens with zero attached hydrogens (tertiary/aromatic N) is 1. The van der Waals surface area contributed by atoms with Crippen molar-refractivity contribution in [1.82, 2.24) is 10.2 Å². The molecule has 16 heavy (non-hydrogen) atoms. The first-order chi connectivity index (χ1) is 7.39. The van der Waals surface area contributed by atoms with Crippen LogP contribution in [0.5, 0.6) is 0 Å². The third-order valence-electron chi connectivity index (χ3n) is 3.60. The molecule has 1 aliphatic rings. The van der Waals surface area contributed by atoms with Gasteiger partial charge in [0.15, 0.2) is 0 Å². The highest BCUT2D eigenvalue weighted by atomic mass is 16.2. The fourth-order valence-electron chi connectivity index (χ4n) is 1.81. The Hall–Kier alpha value is -0.610. The van der Waals surface area contributed by atoms with Gasteiger partial charge >= 0.3 is 0 Å². The number of carbonyl (C=O) groups is 1. The van der Waals surface area contributed by atoms with Gasteiger partial charge in [-0.1, -0.05) is 0 Å². The van der Waals surface area contributed by atoms with Gasteiger partial charge in [-0.15, -0.1) is 0 Å². The van der Waals surface area contributed by atoms with Crippen molar-refractivity contribution in [3.8, 4) is 0 Å². The second kappa shape index (κ2) is 5.15. The molecule has 0 radical (unpaired) electrons. The third kappa shape index (κ3) is 3.46. The van der Waals surface area contributed by atoms with Crippen LogP contribution in [0.4, 0.5) is 0 Å². The molecular formula is C12H25N3O. The Balaban J connectivity index is 2.43. The van der Waals surface area contributed by atoms with Crippen LogP contribution in [0.1, 0.15) is 33.6 Å². The van der Waals surface area contributed by atoms with Gasteiger partial charge in [-0.2, -0.15) is 0 Å². The van der Waals surface area contributed by atoms with Gasteiger partial charge in [0.2, 0.25) is 5.91 Å². The molecular weight excluding hydrogens is 202 g/mol. The molecule has 0 aliphatic heterocycles. The summed E-state index contributed by atoms with van der Waals surface area (Å²) < 4.78 is 0. The fraction of sp³-hybridized carbons (Fsp3) is 0.917. The Morgan fingerprint density at radius 2 is 2.12 bits per heavy atom. The fourth-order valence-corrected chi connectivity index (χ4v) is 1.81. The van der Waals surface area contributed by atoms with Gasteiger partial charge < -0.3 is 11.1 Å². The minimum atomic E-state index is -0.200. The van der Waals surface area contributed by atoms with E-state index in [1.54, 1.807) is 0 Å². The van der Waals surface area contributed by atoms with E-state index in [9.17, 15) is 4.79 Å². The quantitative estimate of drug-likeness (QED) is 0.697. The van der Waals surface area contributed by atoms with Gasteiger partial charge in [0.25, 0.3) is 0 Å². The molecule has 0 bridgehead atoms. The second-order valence-electron chi connectivity index (χ2n) is 5.45. The Morgan fingerprint density at radius 3 is 2.50 bits per heavy atom. The third-order valence-corrected chi connectivity index (χ3v) is 3.60. The predicted molar refractivity (Wildman–Crippen MR) is 66.1 cm³/mol. The maximum atomic E-state index is 11.9. The Labute approximate surface area is 98.6 Å². The molecule has 3 N–H and O–H groups in total. The van der Waals surface area contributed by atoms with Crippen LogP contribution >= 0.6 is 0 Å². The smallest absolute Gasteiger partial charge is 0.234 e. The molecule has 0 saturated heterocycles. The van der Waals surface area contributed by atoms with Gasteiger partial charge in [0, 0.05) is 12.6 Å². The number of hydrogen-bond donors (Lipinski definition) is 2. The van der Waals surface area contributed by atoms with Crippen molar-refractivity contribution in [3.63, 3.8) is 0 Å². The van der Waals surface area contributed by atoms with Crippen molar-refractivity contribution in [2.75, 3.05) is 20.1 Å². The lowest BCUT2D eigenvalue weighted by atomic mass is 9.96. The lowest BCUT2D eigenvalue weighted by molar-refractivity contribution is -0.124. The van der Waals surface area contributed by atoms with E-state index in [0.29, 0.717) is 25.0 Å². The molecule has 0 aromatic carbocycles. The number of hydrogen-bond acceptors (Lipinski definition) is 3. The standard InChI is InChI=1S/C12H25N3O/c1-9(2)15(4)7-11(16)14-12(3,8-13)10-5-6-10/h9-10H,5-8,13H2,1-4H3,(H,14,16). The molecule has 0 aromatic rings. The molecule has 94 valence electrons. The number of nitrogens with two attached hydrogens (primary N) is 1. The summed E-state index contributed by atoms with van der Waals surface area (Å²) in [4.78, 5) is 13.9. The first-order valence-electron chi connectivity index (χ1n) is 6.10. The first-order valence-corrected chi connectivity index (χ1v) is 6.10. The summed E-state index contributed by atoms with van der Waals surface area (Å²) in [5.41, 5.74) is 5.56. The van der Waals surface area contributed by atoms with E-state index in [1.165, 1.54) is 12.8 Å². The number of nitrogens with one attached hydrogen (secondary N) is 1. The van der Waals surface area contributed by atoms with Crippen molar-refractivity contribution in [3.05, 3.63) is 0 Å². The van der Waals surface area contributed by atoms with E-state index in [-0.39, 0.29) is 11.4 Å². The predicted octanol–water partition coefficient (Wildman–Crippen LogP) is 0.570. The van der Waals surface area contributed by atoms with Gasteiger partial charge in [-0.3, -0.25) is 9.69 Å². The lowest BCUT2D eigenvalue weighted by Gasteiger charge is -2.31. The van der Waals surface area contributed by atoms with E-state index in [2.05, 4.69) is 26.1 Å². The second-order valence-corrected chi connectivity index (χ2v) is 5.45. The summed E-state index contributed by atoms with van der Waals surface area (Å²) in [7, 11) is 1.96. The number of likely N-dealkylation sites (N-methyl/N-ethyl adjacent to an activating group) is 1. The molecule has 4 heteroatoms. The molecule has 1 fully saturated rings. The Morgan fingerprint density at radius 1 is 1.56 bits per heavy atom. The highest BCUT2D eigenvalue weighted by Crippen LogP contribution is 2.38. The van der Waals surface area contributed by atoms with Crippen LogP contribution < -0.4 is 11.1 Å². The molecule has 1 rings (SSSR count). The molecule has 1 aliphatic carbocycles. The maximum absolute atomic E-state index is 11.9. The van der Waals surface area contributed by atoms with Gasteiger partial charge in [0.05, 0.1) is 12.1 Å². The van der Waals surface area contributed by atoms with Crippen molar-refractivity contribution in [2.24, 2.45) is 11.7 Å². The highest BCUT2D eigenvalue weighted by molar-refractivity contribution is 5.79. The molecule has 4 nitrogen and oxygen atoms in total. The van der Waals surface area contributed by atoms with Crippen molar-refractivity contribution in [2.45, 2.75) is 45.2 Å². The van der Waals surface area contributed by atoms with E-state index in [4.69, 9.17) is 5.73 Å². The summed E-state index contributed by atoms with van der Waals surface area (Å²) in [6.07, 6.45) is 2.38. The van der Waals surface area contributed by atoms with Crippen molar-refractivity contribution < 1.29 is 4.79 Å². The van der Waals surface area contributed by atoms with Gasteiger partial charge in [-0.25, -0.2) is 0 Å². The number of carbonyl (C=O) groups excluding carboxylic acids is 1. The van der Waals surface area contributed by atoms with Crippen LogP contribution in [0.2, 0.25) is 0 Å². The summed E-state index contributed by atoms with van der Waals surface area (Å²) in [6.45, 7) is 7.18. The average Bonchev–Trinajstić information content (AvgIpc) is 3.00. The van der Waals surface area contributed by atoms with Gasteiger partial charge in [-0.05, 0) is 46.6 Å². The molecule has 0 heterocycles. The zero-order valence-corrected chi connectivity index (χ0v) is 10.9. The number of amides is 1. The van der Waals surface area contributed by atoms with Crippen molar-refractivity contribution >= 4 is 5.91 Å². The Bertz CT molecular complexity index is 251. The number of rotatable bonds is 6. The van der Waals surface area contributed by atoms with Crippen molar-refractivity contribution in [1.29, 1.82) is 0 Å². The topological polar surface area (TPSA) is 58.4 Å². The highest BCUT2D eigenvalue weighted by Gasteiger charge is 2.41. The Kier molecular flexibility index (Phi) is 4.33. The minimum Gasteiger partial charge on any atom is -0.348 e. The lowest BCUT2D eigenvalue weighted by Crippen LogP contribution is -2.55. The maximum Gasteiger partial charge on any atom is 0.234 e. The molecule has 1 atom stereocenters. The van der Waals surface area contributed by atoms with Crippen LogP contribution in [-0.2, 0) is 4.79 Å². The molecule has 1 saturated carbocycles. The van der Waals surface area contributed by atoms with Crippen LogP contribution in [-0.4, -0.2) is 42.5 Å². The summed E-state index contributed by atoms with van der Waals surface area (Å²) in [6, 6.07) is 0.385. The SMILES string of the molecule is CC(C)N(C)CC(=O)NC(C)(CN)C1CC1. The van der Waals surface area contributed by atoms with Crippen LogP contribution in [0.3, 0.4) is 0 Å². The molecule has 1 amide bonds. The summed E-state index contributed by atoms with van der Waals surface area (Å²) in [5.74, 6) is 0.654. The molecule has 0 aromatic heterocycles. The van der Waals surface area contributed by atoms with Crippen LogP contribution in [0, 0.1) is 5.92 Å². The van der Waals surface area contributed by atoms with E-state index >= 15 is 0 Å². The molecule has 1 unspecified atom stereocenters. The van der Waals surface area contributed by atoms with E-state index < -0.39 is 0 Å². The normalized spacial score (nSPS) is 19.9. The summed E-state index contributed by atoms with van der Waals surface area (Å²) >= 11 is 0. The van der Waals surface area contributed by atoms with Crippen LogP contribution in [0.25, 0.3) is 0 Å². The zero-order chi connectivity index (χ0) is 12.3. The first kappa shape index (κ1) is 13.5. The monoisotopic (exact) mass is 227 g/mol.